The topological polar surface area (TPSA) is 17.1 Å². The molecule has 18 heavy (non-hydrogen) atoms. The van der Waals surface area contributed by atoms with Gasteiger partial charge >= 0.3 is 0 Å². The van der Waals surface area contributed by atoms with Crippen molar-refractivity contribution in [3.8, 4) is 0 Å². The molecule has 0 atom stereocenters. The minimum atomic E-state index is -0.426. The van der Waals surface area contributed by atoms with Gasteiger partial charge in [0.2, 0.25) is 0 Å². The summed E-state index contributed by atoms with van der Waals surface area (Å²) in [6.45, 7) is 3.87. The van der Waals surface area contributed by atoms with Gasteiger partial charge in [-0.15, -0.1) is 0 Å². The van der Waals surface area contributed by atoms with Crippen LogP contribution in [0.25, 0.3) is 0 Å². The molecule has 1 nitrogen and oxygen atoms in total. The molecule has 0 N–H and O–H groups in total. The Morgan fingerprint density at radius 3 is 2.33 bits per heavy atom. The van der Waals surface area contributed by atoms with Gasteiger partial charge in [0.15, 0.2) is 5.78 Å². The lowest BCUT2D eigenvalue weighted by Gasteiger charge is -2.06. The van der Waals surface area contributed by atoms with Crippen LogP contribution in [0.15, 0.2) is 40.9 Å². The van der Waals surface area contributed by atoms with Crippen molar-refractivity contribution >= 4 is 21.7 Å². The van der Waals surface area contributed by atoms with E-state index in [1.54, 1.807) is 6.07 Å². The molecule has 2 rings (SSSR count). The molecule has 2 aromatic rings. The van der Waals surface area contributed by atoms with Gasteiger partial charge < -0.3 is 0 Å². The summed E-state index contributed by atoms with van der Waals surface area (Å²) in [4.78, 5) is 12.3. The van der Waals surface area contributed by atoms with Gasteiger partial charge in [0.1, 0.15) is 5.82 Å². The number of carbonyl (C=O) groups excluding carboxylic acids is 1. The van der Waals surface area contributed by atoms with Crippen LogP contribution in [0.5, 0.6) is 0 Å². The quantitative estimate of drug-likeness (QED) is 0.750. The number of rotatable bonds is 2. The molecule has 0 unspecified atom stereocenters. The summed E-state index contributed by atoms with van der Waals surface area (Å²) in [5.74, 6) is -0.599. The molecule has 0 aliphatic heterocycles. The maximum Gasteiger partial charge on any atom is 0.194 e. The molecule has 0 saturated heterocycles. The zero-order valence-electron chi connectivity index (χ0n) is 10.1. The predicted molar refractivity (Wildman–Crippen MR) is 73.4 cm³/mol. The monoisotopic (exact) mass is 306 g/mol. The van der Waals surface area contributed by atoms with Gasteiger partial charge in [-0.05, 0) is 54.0 Å². The minimum absolute atomic E-state index is 0.173. The number of hydrogen-bond acceptors (Lipinski definition) is 1. The third-order valence-electron chi connectivity index (χ3n) is 2.68. The molecule has 0 spiro atoms. The van der Waals surface area contributed by atoms with Crippen LogP contribution in [0, 0.1) is 19.7 Å². The van der Waals surface area contributed by atoms with Gasteiger partial charge in [-0.2, -0.15) is 0 Å². The van der Waals surface area contributed by atoms with Crippen molar-refractivity contribution in [2.45, 2.75) is 13.8 Å². The van der Waals surface area contributed by atoms with Crippen LogP contribution in [-0.4, -0.2) is 5.78 Å². The first-order valence-corrected chi connectivity index (χ1v) is 6.35. The SMILES string of the molecule is Cc1cc(C)cc(C(=O)c2cccc(F)c2Br)c1. The van der Waals surface area contributed by atoms with E-state index in [9.17, 15) is 9.18 Å². The zero-order chi connectivity index (χ0) is 13.3. The fraction of sp³-hybridized carbons (Fsp3) is 0.133. The van der Waals surface area contributed by atoms with Crippen molar-refractivity contribution in [2.24, 2.45) is 0 Å². The summed E-state index contributed by atoms with van der Waals surface area (Å²) in [5, 5.41) is 0. The van der Waals surface area contributed by atoms with Crippen LogP contribution < -0.4 is 0 Å². The van der Waals surface area contributed by atoms with Crippen LogP contribution in [0.1, 0.15) is 27.0 Å². The maximum absolute atomic E-state index is 13.4. The maximum atomic E-state index is 13.4. The molecule has 0 bridgehead atoms. The molecule has 92 valence electrons. The summed E-state index contributed by atoms with van der Waals surface area (Å²) in [5.41, 5.74) is 2.97. The van der Waals surface area contributed by atoms with Crippen molar-refractivity contribution in [3.05, 3.63) is 68.9 Å². The van der Waals surface area contributed by atoms with Crippen molar-refractivity contribution in [2.75, 3.05) is 0 Å². The number of halogens is 2. The summed E-state index contributed by atoms with van der Waals surface area (Å²) in [6, 6.07) is 10.1. The minimum Gasteiger partial charge on any atom is -0.289 e. The zero-order valence-corrected chi connectivity index (χ0v) is 11.7. The average molecular weight is 307 g/mol. The van der Waals surface area contributed by atoms with Gasteiger partial charge in [0.05, 0.1) is 4.47 Å². The normalized spacial score (nSPS) is 10.4. The van der Waals surface area contributed by atoms with Gasteiger partial charge in [-0.1, -0.05) is 23.3 Å². The number of carbonyl (C=O) groups is 1. The van der Waals surface area contributed by atoms with E-state index in [2.05, 4.69) is 15.9 Å². The predicted octanol–water partition coefficient (Wildman–Crippen LogP) is 4.44. The molecule has 0 aliphatic rings. The highest BCUT2D eigenvalue weighted by atomic mass is 79.9. The van der Waals surface area contributed by atoms with E-state index in [1.807, 2.05) is 32.0 Å². The molecular weight excluding hydrogens is 295 g/mol. The van der Waals surface area contributed by atoms with Gasteiger partial charge in [0, 0.05) is 11.1 Å². The standard InChI is InChI=1S/C15H12BrFO/c1-9-6-10(2)8-11(7-9)15(18)12-4-3-5-13(17)14(12)16/h3-8H,1-2H3. The third-order valence-corrected chi connectivity index (χ3v) is 3.49. The highest BCUT2D eigenvalue weighted by Gasteiger charge is 2.15. The van der Waals surface area contributed by atoms with Crippen molar-refractivity contribution in [1.82, 2.24) is 0 Å². The first-order valence-electron chi connectivity index (χ1n) is 5.56. The van der Waals surface area contributed by atoms with Crippen LogP contribution in [0.4, 0.5) is 4.39 Å². The summed E-state index contributed by atoms with van der Waals surface area (Å²) in [7, 11) is 0. The molecule has 3 heteroatoms. The summed E-state index contributed by atoms with van der Waals surface area (Å²) < 4.78 is 13.6. The Labute approximate surface area is 114 Å². The Balaban J connectivity index is 2.51. The number of benzene rings is 2. The molecule has 2 aromatic carbocycles. The molecule has 0 aromatic heterocycles. The van der Waals surface area contributed by atoms with E-state index in [0.29, 0.717) is 11.1 Å². The molecule has 0 amide bonds. The van der Waals surface area contributed by atoms with E-state index in [4.69, 9.17) is 0 Å². The Bertz CT molecular complexity index is 600. The van der Waals surface area contributed by atoms with Crippen molar-refractivity contribution < 1.29 is 9.18 Å². The number of aryl methyl sites for hydroxylation is 2. The first-order chi connectivity index (χ1) is 8.49. The molecule has 0 heterocycles. The number of ketones is 1. The van der Waals surface area contributed by atoms with Crippen LogP contribution in [0.3, 0.4) is 0 Å². The van der Waals surface area contributed by atoms with Gasteiger partial charge in [-0.25, -0.2) is 4.39 Å². The fourth-order valence-electron chi connectivity index (χ4n) is 1.94. The highest BCUT2D eigenvalue weighted by Crippen LogP contribution is 2.23. The second-order valence-corrected chi connectivity index (χ2v) is 5.10. The van der Waals surface area contributed by atoms with Crippen LogP contribution in [0.2, 0.25) is 0 Å². The number of hydrogen-bond donors (Lipinski definition) is 0. The van der Waals surface area contributed by atoms with Crippen LogP contribution in [-0.2, 0) is 0 Å². The molecule has 0 saturated carbocycles. The molecule has 0 fully saturated rings. The Kier molecular flexibility index (Phi) is 3.62. The van der Waals surface area contributed by atoms with Crippen molar-refractivity contribution in [3.63, 3.8) is 0 Å². The fourth-order valence-corrected chi connectivity index (χ4v) is 2.38. The molecule has 0 aliphatic carbocycles. The van der Waals surface area contributed by atoms with E-state index >= 15 is 0 Å². The second-order valence-electron chi connectivity index (χ2n) is 4.31. The van der Waals surface area contributed by atoms with E-state index in [1.165, 1.54) is 12.1 Å². The first kappa shape index (κ1) is 13.0. The van der Waals surface area contributed by atoms with E-state index in [0.717, 1.165) is 11.1 Å². The largest absolute Gasteiger partial charge is 0.289 e. The van der Waals surface area contributed by atoms with Crippen molar-refractivity contribution in [1.29, 1.82) is 0 Å². The average Bonchev–Trinajstić information content (AvgIpc) is 2.30. The van der Waals surface area contributed by atoms with E-state index in [-0.39, 0.29) is 10.3 Å². The van der Waals surface area contributed by atoms with Crippen LogP contribution >= 0.6 is 15.9 Å². The Hall–Kier alpha value is -1.48. The summed E-state index contributed by atoms with van der Waals surface area (Å²) in [6.07, 6.45) is 0. The molecular formula is C15H12BrFO. The lowest BCUT2D eigenvalue weighted by atomic mass is 9.99. The van der Waals surface area contributed by atoms with Gasteiger partial charge in [-0.3, -0.25) is 4.79 Å². The third kappa shape index (κ3) is 2.51. The molecule has 0 radical (unpaired) electrons. The smallest absolute Gasteiger partial charge is 0.194 e. The Morgan fingerprint density at radius 2 is 1.72 bits per heavy atom. The Morgan fingerprint density at radius 1 is 1.11 bits per heavy atom. The van der Waals surface area contributed by atoms with Gasteiger partial charge in [0.25, 0.3) is 0 Å². The van der Waals surface area contributed by atoms with E-state index < -0.39 is 5.82 Å². The lowest BCUT2D eigenvalue weighted by Crippen LogP contribution is -2.04. The highest BCUT2D eigenvalue weighted by molar-refractivity contribution is 9.10. The second kappa shape index (κ2) is 5.02. The summed E-state index contributed by atoms with van der Waals surface area (Å²) >= 11 is 3.12. The lowest BCUT2D eigenvalue weighted by molar-refractivity contribution is 0.103.